The summed E-state index contributed by atoms with van der Waals surface area (Å²) in [6, 6.07) is 0. The van der Waals surface area contributed by atoms with Crippen molar-refractivity contribution in [1.29, 1.82) is 0 Å². The van der Waals surface area contributed by atoms with Gasteiger partial charge in [0.05, 0.1) is 22.3 Å². The summed E-state index contributed by atoms with van der Waals surface area (Å²) in [7, 11) is 0. The number of aromatic nitrogens is 3. The molecule has 0 atom stereocenters. The standard InChI is InChI=1S/C15H17F3N4O3S/c1-14(2,3)22-11(15(16,17)18)8(6-20-22)12(23)19-5-4-10-21-9(7-26-10)13(24)25/h6-7H,4-5H2,1-3H3,(H,19,23)(H,24,25). The molecule has 0 fully saturated rings. The zero-order valence-corrected chi connectivity index (χ0v) is 15.0. The predicted molar refractivity (Wildman–Crippen MR) is 87.3 cm³/mol. The van der Waals surface area contributed by atoms with Crippen molar-refractivity contribution in [3.8, 4) is 0 Å². The van der Waals surface area contributed by atoms with Crippen LogP contribution < -0.4 is 5.32 Å². The Bertz CT molecular complexity index is 821. The highest BCUT2D eigenvalue weighted by Gasteiger charge is 2.42. The normalized spacial score (nSPS) is 12.2. The van der Waals surface area contributed by atoms with Crippen LogP contribution in [0.5, 0.6) is 0 Å². The van der Waals surface area contributed by atoms with Crippen molar-refractivity contribution >= 4 is 23.2 Å². The van der Waals surface area contributed by atoms with E-state index < -0.39 is 34.8 Å². The molecule has 1 amide bonds. The number of carbonyl (C=O) groups is 2. The van der Waals surface area contributed by atoms with Crippen LogP contribution in [0.1, 0.15) is 52.3 Å². The first-order chi connectivity index (χ1) is 11.9. The fourth-order valence-corrected chi connectivity index (χ4v) is 2.97. The minimum absolute atomic E-state index is 0.0173. The van der Waals surface area contributed by atoms with Gasteiger partial charge in [0, 0.05) is 18.3 Å². The van der Waals surface area contributed by atoms with Gasteiger partial charge in [-0.15, -0.1) is 11.3 Å². The van der Waals surface area contributed by atoms with Crippen molar-refractivity contribution in [2.24, 2.45) is 0 Å². The van der Waals surface area contributed by atoms with E-state index in [1.165, 1.54) is 5.38 Å². The monoisotopic (exact) mass is 390 g/mol. The molecule has 0 aliphatic carbocycles. The molecule has 0 saturated heterocycles. The summed E-state index contributed by atoms with van der Waals surface area (Å²) >= 11 is 1.10. The number of hydrogen-bond donors (Lipinski definition) is 2. The van der Waals surface area contributed by atoms with E-state index in [9.17, 15) is 22.8 Å². The first-order valence-electron chi connectivity index (χ1n) is 7.53. The number of carboxylic acids is 1. The van der Waals surface area contributed by atoms with Gasteiger partial charge in [0.15, 0.2) is 11.4 Å². The van der Waals surface area contributed by atoms with E-state index in [0.717, 1.165) is 22.2 Å². The second kappa shape index (κ2) is 7.06. The Balaban J connectivity index is 2.12. The molecule has 2 rings (SSSR count). The Kier molecular flexibility index (Phi) is 5.40. The van der Waals surface area contributed by atoms with Crippen LogP contribution in [-0.2, 0) is 18.1 Å². The SMILES string of the molecule is CC(C)(C)n1ncc(C(=O)NCCc2nc(C(=O)O)cs2)c1C(F)(F)F. The molecule has 0 aromatic carbocycles. The van der Waals surface area contributed by atoms with Crippen LogP contribution in [0.3, 0.4) is 0 Å². The van der Waals surface area contributed by atoms with Gasteiger partial charge in [-0.3, -0.25) is 9.48 Å². The summed E-state index contributed by atoms with van der Waals surface area (Å²) in [5, 5.41) is 16.7. The molecule has 2 aromatic heterocycles. The summed E-state index contributed by atoms with van der Waals surface area (Å²) in [5.41, 5.74) is -2.72. The number of nitrogens with one attached hydrogen (secondary N) is 1. The molecule has 26 heavy (non-hydrogen) atoms. The van der Waals surface area contributed by atoms with E-state index in [0.29, 0.717) is 5.01 Å². The lowest BCUT2D eigenvalue weighted by Crippen LogP contribution is -2.32. The number of alkyl halides is 3. The molecule has 0 bridgehead atoms. The average Bonchev–Trinajstić information content (AvgIpc) is 3.12. The van der Waals surface area contributed by atoms with Crippen LogP contribution in [0, 0.1) is 0 Å². The topological polar surface area (TPSA) is 97.1 Å². The zero-order valence-electron chi connectivity index (χ0n) is 14.2. The minimum Gasteiger partial charge on any atom is -0.476 e. The van der Waals surface area contributed by atoms with E-state index in [1.807, 2.05) is 0 Å². The molecule has 142 valence electrons. The van der Waals surface area contributed by atoms with Crippen molar-refractivity contribution < 1.29 is 27.9 Å². The van der Waals surface area contributed by atoms with Gasteiger partial charge in [-0.1, -0.05) is 0 Å². The quantitative estimate of drug-likeness (QED) is 0.818. The Morgan fingerprint density at radius 1 is 1.31 bits per heavy atom. The summed E-state index contributed by atoms with van der Waals surface area (Å²) < 4.78 is 41.0. The smallest absolute Gasteiger partial charge is 0.433 e. The Hall–Kier alpha value is -2.43. The molecule has 0 spiro atoms. The van der Waals surface area contributed by atoms with Crippen molar-refractivity contribution in [2.75, 3.05) is 6.54 Å². The zero-order chi connectivity index (χ0) is 19.7. The first kappa shape index (κ1) is 19.9. The molecule has 2 aromatic rings. The molecule has 11 heteroatoms. The highest BCUT2D eigenvalue weighted by atomic mass is 32.1. The number of halogens is 3. The van der Waals surface area contributed by atoms with Crippen molar-refractivity contribution in [1.82, 2.24) is 20.1 Å². The molecule has 0 unspecified atom stereocenters. The van der Waals surface area contributed by atoms with Crippen molar-refractivity contribution in [3.63, 3.8) is 0 Å². The van der Waals surface area contributed by atoms with Gasteiger partial charge in [-0.2, -0.15) is 18.3 Å². The van der Waals surface area contributed by atoms with E-state index in [-0.39, 0.29) is 18.7 Å². The largest absolute Gasteiger partial charge is 0.476 e. The van der Waals surface area contributed by atoms with Crippen LogP contribution >= 0.6 is 11.3 Å². The molecular weight excluding hydrogens is 373 g/mol. The average molecular weight is 390 g/mol. The van der Waals surface area contributed by atoms with Crippen LogP contribution in [0.2, 0.25) is 0 Å². The van der Waals surface area contributed by atoms with Crippen LogP contribution in [0.25, 0.3) is 0 Å². The summed E-state index contributed by atoms with van der Waals surface area (Å²) in [5.74, 6) is -2.07. The lowest BCUT2D eigenvalue weighted by atomic mass is 10.1. The molecule has 0 saturated carbocycles. The highest BCUT2D eigenvalue weighted by Crippen LogP contribution is 2.34. The Morgan fingerprint density at radius 2 is 1.96 bits per heavy atom. The number of thiazole rings is 1. The maximum Gasteiger partial charge on any atom is 0.433 e. The van der Waals surface area contributed by atoms with E-state index in [4.69, 9.17) is 5.11 Å². The Labute approximate surface area is 150 Å². The number of carbonyl (C=O) groups excluding carboxylic acids is 1. The lowest BCUT2D eigenvalue weighted by Gasteiger charge is -2.23. The number of nitrogens with zero attached hydrogens (tertiary/aromatic N) is 3. The Morgan fingerprint density at radius 3 is 2.46 bits per heavy atom. The van der Waals surface area contributed by atoms with Crippen LogP contribution in [-0.4, -0.2) is 38.3 Å². The second-order valence-electron chi connectivity index (χ2n) is 6.42. The molecule has 2 heterocycles. The molecule has 0 aliphatic heterocycles. The number of amides is 1. The molecule has 0 aliphatic rings. The third-order valence-corrected chi connectivity index (χ3v) is 4.22. The van der Waals surface area contributed by atoms with Crippen LogP contribution in [0.15, 0.2) is 11.6 Å². The van der Waals surface area contributed by atoms with Gasteiger partial charge < -0.3 is 10.4 Å². The summed E-state index contributed by atoms with van der Waals surface area (Å²) in [6.07, 6.45) is -3.63. The van der Waals surface area contributed by atoms with Gasteiger partial charge in [0.25, 0.3) is 5.91 Å². The minimum atomic E-state index is -4.73. The highest BCUT2D eigenvalue weighted by molar-refractivity contribution is 7.09. The summed E-state index contributed by atoms with van der Waals surface area (Å²) in [4.78, 5) is 26.8. The first-order valence-corrected chi connectivity index (χ1v) is 8.41. The number of aromatic carboxylic acids is 1. The maximum atomic E-state index is 13.4. The van der Waals surface area contributed by atoms with Crippen molar-refractivity contribution in [2.45, 2.75) is 38.9 Å². The van der Waals surface area contributed by atoms with Gasteiger partial charge in [-0.25, -0.2) is 9.78 Å². The third-order valence-electron chi connectivity index (χ3n) is 3.31. The van der Waals surface area contributed by atoms with Gasteiger partial charge >= 0.3 is 12.1 Å². The van der Waals surface area contributed by atoms with E-state index in [2.05, 4.69) is 15.4 Å². The second-order valence-corrected chi connectivity index (χ2v) is 7.37. The van der Waals surface area contributed by atoms with Crippen LogP contribution in [0.4, 0.5) is 13.2 Å². The number of carboxylic acid groups (broad SMARTS) is 1. The maximum absolute atomic E-state index is 13.4. The third kappa shape index (κ3) is 4.40. The molecule has 2 N–H and O–H groups in total. The van der Waals surface area contributed by atoms with Gasteiger partial charge in [0.2, 0.25) is 0 Å². The number of hydrogen-bond acceptors (Lipinski definition) is 5. The summed E-state index contributed by atoms with van der Waals surface area (Å²) in [6.45, 7) is 4.68. The van der Waals surface area contributed by atoms with Gasteiger partial charge in [0.1, 0.15) is 0 Å². The molecule has 0 radical (unpaired) electrons. The fraction of sp³-hybridized carbons (Fsp3) is 0.467. The molecular formula is C15H17F3N4O3S. The van der Waals surface area contributed by atoms with E-state index >= 15 is 0 Å². The molecule has 7 nitrogen and oxygen atoms in total. The van der Waals surface area contributed by atoms with Crippen molar-refractivity contribution in [3.05, 3.63) is 33.5 Å². The lowest BCUT2D eigenvalue weighted by molar-refractivity contribution is -0.146. The predicted octanol–water partition coefficient (Wildman–Crippen LogP) is 2.78. The van der Waals surface area contributed by atoms with E-state index in [1.54, 1.807) is 20.8 Å². The number of rotatable bonds is 5. The fourth-order valence-electron chi connectivity index (χ4n) is 2.20. The van der Waals surface area contributed by atoms with Gasteiger partial charge in [-0.05, 0) is 20.8 Å².